The van der Waals surface area contributed by atoms with Gasteiger partial charge in [-0.25, -0.2) is 0 Å². The van der Waals surface area contributed by atoms with Crippen molar-refractivity contribution in [3.05, 3.63) is 29.8 Å². The summed E-state index contributed by atoms with van der Waals surface area (Å²) in [5.74, 6) is 0.308. The maximum absolute atomic E-state index is 12.1. The Morgan fingerprint density at radius 3 is 2.43 bits per heavy atom. The predicted octanol–water partition coefficient (Wildman–Crippen LogP) is 0.628. The van der Waals surface area contributed by atoms with Crippen molar-refractivity contribution < 1.29 is 14.3 Å². The number of hydrogen-bond acceptors (Lipinski definition) is 4. The first kappa shape index (κ1) is 14.9. The van der Waals surface area contributed by atoms with E-state index in [9.17, 15) is 9.59 Å². The van der Waals surface area contributed by atoms with Gasteiger partial charge in [0.05, 0.1) is 5.56 Å². The summed E-state index contributed by atoms with van der Waals surface area (Å²) in [6.45, 7) is 3.56. The summed E-state index contributed by atoms with van der Waals surface area (Å²) in [6, 6.07) is 8.83. The van der Waals surface area contributed by atoms with Crippen molar-refractivity contribution in [3.63, 3.8) is 0 Å². The Morgan fingerprint density at radius 1 is 1.19 bits per heavy atom. The van der Waals surface area contributed by atoms with Crippen LogP contribution in [0.1, 0.15) is 12.5 Å². The molecule has 1 heterocycles. The maximum atomic E-state index is 12.1. The number of piperazine rings is 1. The van der Waals surface area contributed by atoms with Crippen molar-refractivity contribution in [1.82, 2.24) is 9.80 Å². The monoisotopic (exact) mass is 287 g/mol. The summed E-state index contributed by atoms with van der Waals surface area (Å²) in [4.78, 5) is 26.7. The molecule has 0 unspecified atom stereocenters. The number of carbonyl (C=O) groups excluding carboxylic acids is 2. The number of amides is 2. The molecule has 1 saturated heterocycles. The van der Waals surface area contributed by atoms with E-state index < -0.39 is 0 Å². The summed E-state index contributed by atoms with van der Waals surface area (Å²) in [5.41, 5.74) is 0.409. The zero-order valence-corrected chi connectivity index (χ0v) is 11.9. The van der Waals surface area contributed by atoms with Gasteiger partial charge in [-0.15, -0.1) is 0 Å². The van der Waals surface area contributed by atoms with E-state index in [0.717, 1.165) is 0 Å². The van der Waals surface area contributed by atoms with Gasteiger partial charge in [-0.2, -0.15) is 5.26 Å². The van der Waals surface area contributed by atoms with Crippen molar-refractivity contribution in [2.24, 2.45) is 0 Å². The standard InChI is InChI=1S/C15H17N3O3/c1-12(19)17-6-8-18(9-7-17)15(20)11-21-14-5-3-2-4-13(14)10-16/h2-5H,6-9,11H2,1H3. The number of hydrogen-bond donors (Lipinski definition) is 0. The second kappa shape index (κ2) is 6.75. The highest BCUT2D eigenvalue weighted by Gasteiger charge is 2.22. The van der Waals surface area contributed by atoms with Gasteiger partial charge >= 0.3 is 0 Å². The molecule has 2 amide bonds. The molecule has 6 nitrogen and oxygen atoms in total. The highest BCUT2D eigenvalue weighted by Crippen LogP contribution is 2.16. The molecule has 0 N–H and O–H groups in total. The van der Waals surface area contributed by atoms with Gasteiger partial charge in [0.15, 0.2) is 6.61 Å². The average Bonchev–Trinajstić information content (AvgIpc) is 2.52. The summed E-state index contributed by atoms with van der Waals surface area (Å²) in [5, 5.41) is 8.95. The third-order valence-electron chi connectivity index (χ3n) is 3.44. The largest absolute Gasteiger partial charge is 0.482 e. The lowest BCUT2D eigenvalue weighted by atomic mass is 10.2. The van der Waals surface area contributed by atoms with Crippen LogP contribution in [0, 0.1) is 11.3 Å². The van der Waals surface area contributed by atoms with Gasteiger partial charge in [0, 0.05) is 33.1 Å². The molecule has 1 aromatic carbocycles. The molecule has 0 aromatic heterocycles. The molecule has 0 aliphatic carbocycles. The summed E-state index contributed by atoms with van der Waals surface area (Å²) in [7, 11) is 0. The summed E-state index contributed by atoms with van der Waals surface area (Å²) < 4.78 is 5.42. The predicted molar refractivity (Wildman–Crippen MR) is 75.5 cm³/mol. The Hall–Kier alpha value is -2.55. The molecule has 0 saturated carbocycles. The Balaban J connectivity index is 1.86. The lowest BCUT2D eigenvalue weighted by Crippen LogP contribution is -2.51. The van der Waals surface area contributed by atoms with Crippen LogP contribution in [-0.2, 0) is 9.59 Å². The van der Waals surface area contributed by atoms with Crippen LogP contribution in [0.2, 0.25) is 0 Å². The molecule has 1 fully saturated rings. The van der Waals surface area contributed by atoms with Gasteiger partial charge in [-0.3, -0.25) is 9.59 Å². The second-order valence-corrected chi connectivity index (χ2v) is 4.78. The van der Waals surface area contributed by atoms with Gasteiger partial charge in [-0.05, 0) is 12.1 Å². The lowest BCUT2D eigenvalue weighted by molar-refractivity contribution is -0.139. The molecular weight excluding hydrogens is 270 g/mol. The SMILES string of the molecule is CC(=O)N1CCN(C(=O)COc2ccccc2C#N)CC1. The van der Waals surface area contributed by atoms with Gasteiger partial charge in [0.25, 0.3) is 5.91 Å². The minimum absolute atomic E-state index is 0.0290. The summed E-state index contributed by atoms with van der Waals surface area (Å²) in [6.07, 6.45) is 0. The molecular formula is C15H17N3O3. The topological polar surface area (TPSA) is 73.6 Å². The fourth-order valence-electron chi connectivity index (χ4n) is 2.19. The number of benzene rings is 1. The highest BCUT2D eigenvalue weighted by molar-refractivity contribution is 5.78. The first-order valence-corrected chi connectivity index (χ1v) is 6.77. The first-order chi connectivity index (χ1) is 10.1. The molecule has 0 atom stereocenters. The van der Waals surface area contributed by atoms with Crippen LogP contribution in [0.25, 0.3) is 0 Å². The zero-order valence-electron chi connectivity index (χ0n) is 11.9. The van der Waals surface area contributed by atoms with Crippen molar-refractivity contribution in [1.29, 1.82) is 5.26 Å². The molecule has 1 aliphatic rings. The van der Waals surface area contributed by atoms with E-state index in [-0.39, 0.29) is 18.4 Å². The molecule has 0 bridgehead atoms. The maximum Gasteiger partial charge on any atom is 0.260 e. The Morgan fingerprint density at radius 2 is 1.81 bits per heavy atom. The number of nitriles is 1. The Kier molecular flexibility index (Phi) is 4.77. The number of ether oxygens (including phenoxy) is 1. The van der Waals surface area contributed by atoms with Gasteiger partial charge in [0.1, 0.15) is 11.8 Å². The molecule has 0 radical (unpaired) electrons. The van der Waals surface area contributed by atoms with Crippen LogP contribution in [-0.4, -0.2) is 54.4 Å². The molecule has 21 heavy (non-hydrogen) atoms. The lowest BCUT2D eigenvalue weighted by Gasteiger charge is -2.34. The van der Waals surface area contributed by atoms with E-state index in [1.54, 1.807) is 34.1 Å². The minimum Gasteiger partial charge on any atom is -0.482 e. The van der Waals surface area contributed by atoms with Crippen LogP contribution >= 0.6 is 0 Å². The molecule has 6 heteroatoms. The van der Waals surface area contributed by atoms with Gasteiger partial charge in [0.2, 0.25) is 5.91 Å². The third-order valence-corrected chi connectivity index (χ3v) is 3.44. The summed E-state index contributed by atoms with van der Waals surface area (Å²) >= 11 is 0. The fraction of sp³-hybridized carbons (Fsp3) is 0.400. The highest BCUT2D eigenvalue weighted by atomic mass is 16.5. The minimum atomic E-state index is -0.133. The zero-order chi connectivity index (χ0) is 15.2. The van der Waals surface area contributed by atoms with Gasteiger partial charge in [-0.1, -0.05) is 12.1 Å². The fourth-order valence-corrected chi connectivity index (χ4v) is 2.19. The van der Waals surface area contributed by atoms with Crippen molar-refractivity contribution in [2.45, 2.75) is 6.92 Å². The van der Waals surface area contributed by atoms with Crippen LogP contribution in [0.15, 0.2) is 24.3 Å². The quantitative estimate of drug-likeness (QED) is 0.817. The number of nitrogens with zero attached hydrogens (tertiary/aromatic N) is 3. The van der Waals surface area contributed by atoms with Gasteiger partial charge < -0.3 is 14.5 Å². The molecule has 110 valence electrons. The van der Waals surface area contributed by atoms with Crippen LogP contribution in [0.3, 0.4) is 0 Å². The number of carbonyl (C=O) groups is 2. The van der Waals surface area contributed by atoms with E-state index >= 15 is 0 Å². The third kappa shape index (κ3) is 3.72. The van der Waals surface area contributed by atoms with Crippen LogP contribution in [0.5, 0.6) is 5.75 Å². The Labute approximate surface area is 123 Å². The second-order valence-electron chi connectivity index (χ2n) is 4.78. The van der Waals surface area contributed by atoms with Crippen molar-refractivity contribution >= 4 is 11.8 Å². The Bertz CT molecular complexity index is 572. The molecule has 0 spiro atoms. The number of para-hydroxylation sites is 1. The van der Waals surface area contributed by atoms with Crippen LogP contribution < -0.4 is 4.74 Å². The van der Waals surface area contributed by atoms with Crippen LogP contribution in [0.4, 0.5) is 0 Å². The van der Waals surface area contributed by atoms with E-state index in [1.165, 1.54) is 6.92 Å². The molecule has 1 aliphatic heterocycles. The number of rotatable bonds is 3. The van der Waals surface area contributed by atoms with Crippen molar-refractivity contribution in [2.75, 3.05) is 32.8 Å². The van der Waals surface area contributed by atoms with Crippen molar-refractivity contribution in [3.8, 4) is 11.8 Å². The van der Waals surface area contributed by atoms with E-state index in [4.69, 9.17) is 10.00 Å². The van der Waals surface area contributed by atoms with E-state index in [0.29, 0.717) is 37.5 Å². The molecule has 1 aromatic rings. The average molecular weight is 287 g/mol. The smallest absolute Gasteiger partial charge is 0.260 e. The van der Waals surface area contributed by atoms with E-state index in [1.807, 2.05) is 6.07 Å². The first-order valence-electron chi connectivity index (χ1n) is 6.77. The normalized spacial score (nSPS) is 14.5. The molecule has 2 rings (SSSR count). The van der Waals surface area contributed by atoms with E-state index in [2.05, 4.69) is 0 Å².